The Kier molecular flexibility index (Phi) is 4.10. The SMILES string of the molecule is Cc1cccc(CC(=O)Nc2cccnc2C(=O)O)c1. The Balaban J connectivity index is 2.11. The van der Waals surface area contributed by atoms with Gasteiger partial charge in [-0.1, -0.05) is 29.8 Å². The molecule has 2 rings (SSSR count). The van der Waals surface area contributed by atoms with Gasteiger partial charge in [0.25, 0.3) is 0 Å². The van der Waals surface area contributed by atoms with Crippen LogP contribution in [0.25, 0.3) is 0 Å². The van der Waals surface area contributed by atoms with Crippen LogP contribution < -0.4 is 5.32 Å². The summed E-state index contributed by atoms with van der Waals surface area (Å²) in [4.78, 5) is 26.7. The fraction of sp³-hybridized carbons (Fsp3) is 0.133. The van der Waals surface area contributed by atoms with Crippen molar-refractivity contribution >= 4 is 17.6 Å². The number of anilines is 1. The first-order valence-corrected chi connectivity index (χ1v) is 6.10. The lowest BCUT2D eigenvalue weighted by atomic mass is 10.1. The van der Waals surface area contributed by atoms with E-state index in [1.807, 2.05) is 31.2 Å². The van der Waals surface area contributed by atoms with Crippen molar-refractivity contribution in [1.29, 1.82) is 0 Å². The summed E-state index contributed by atoms with van der Waals surface area (Å²) >= 11 is 0. The Morgan fingerprint density at radius 2 is 2.05 bits per heavy atom. The highest BCUT2D eigenvalue weighted by molar-refractivity contribution is 5.99. The molecule has 0 saturated heterocycles. The molecule has 1 aromatic heterocycles. The molecule has 0 atom stereocenters. The van der Waals surface area contributed by atoms with Crippen molar-refractivity contribution in [2.24, 2.45) is 0 Å². The molecule has 2 N–H and O–H groups in total. The zero-order valence-corrected chi connectivity index (χ0v) is 11.0. The van der Waals surface area contributed by atoms with Crippen LogP contribution in [0.3, 0.4) is 0 Å². The van der Waals surface area contributed by atoms with Gasteiger partial charge in [0.05, 0.1) is 12.1 Å². The molecule has 1 amide bonds. The van der Waals surface area contributed by atoms with Gasteiger partial charge in [-0.05, 0) is 24.6 Å². The van der Waals surface area contributed by atoms with Gasteiger partial charge in [0, 0.05) is 6.20 Å². The van der Waals surface area contributed by atoms with Crippen molar-refractivity contribution in [3.8, 4) is 0 Å². The monoisotopic (exact) mass is 270 g/mol. The van der Waals surface area contributed by atoms with E-state index in [1.165, 1.54) is 12.3 Å². The number of benzene rings is 1. The zero-order valence-electron chi connectivity index (χ0n) is 11.0. The largest absolute Gasteiger partial charge is 0.476 e. The third-order valence-electron chi connectivity index (χ3n) is 2.73. The van der Waals surface area contributed by atoms with Crippen molar-refractivity contribution in [2.75, 3.05) is 5.32 Å². The highest BCUT2D eigenvalue weighted by atomic mass is 16.4. The van der Waals surface area contributed by atoms with Gasteiger partial charge in [-0.3, -0.25) is 4.79 Å². The number of hydrogen-bond donors (Lipinski definition) is 2. The van der Waals surface area contributed by atoms with Gasteiger partial charge < -0.3 is 10.4 Å². The highest BCUT2D eigenvalue weighted by Crippen LogP contribution is 2.13. The number of aryl methyl sites for hydroxylation is 1. The van der Waals surface area contributed by atoms with E-state index in [9.17, 15) is 9.59 Å². The minimum atomic E-state index is -1.17. The van der Waals surface area contributed by atoms with Crippen LogP contribution in [0.5, 0.6) is 0 Å². The molecule has 0 spiro atoms. The third-order valence-corrected chi connectivity index (χ3v) is 2.73. The van der Waals surface area contributed by atoms with Crippen molar-refractivity contribution in [1.82, 2.24) is 4.98 Å². The number of carbonyl (C=O) groups is 2. The van der Waals surface area contributed by atoms with E-state index in [4.69, 9.17) is 5.11 Å². The van der Waals surface area contributed by atoms with Crippen LogP contribution in [0, 0.1) is 6.92 Å². The van der Waals surface area contributed by atoms with Crippen LogP contribution in [0.1, 0.15) is 21.6 Å². The summed E-state index contributed by atoms with van der Waals surface area (Å²) in [5.41, 5.74) is 1.99. The highest BCUT2D eigenvalue weighted by Gasteiger charge is 2.13. The van der Waals surface area contributed by atoms with Crippen molar-refractivity contribution in [3.63, 3.8) is 0 Å². The lowest BCUT2D eigenvalue weighted by Gasteiger charge is -2.07. The van der Waals surface area contributed by atoms with Gasteiger partial charge in [0.2, 0.25) is 5.91 Å². The first-order chi connectivity index (χ1) is 9.56. The number of hydrogen-bond acceptors (Lipinski definition) is 3. The summed E-state index contributed by atoms with van der Waals surface area (Å²) in [5, 5.41) is 11.6. The lowest BCUT2D eigenvalue weighted by molar-refractivity contribution is -0.115. The van der Waals surface area contributed by atoms with Gasteiger partial charge in [-0.25, -0.2) is 9.78 Å². The second-order valence-electron chi connectivity index (χ2n) is 4.42. The Morgan fingerprint density at radius 1 is 1.25 bits per heavy atom. The van der Waals surface area contributed by atoms with Gasteiger partial charge >= 0.3 is 5.97 Å². The Labute approximate surface area is 116 Å². The molecule has 0 saturated carbocycles. The molecule has 0 radical (unpaired) electrons. The van der Waals surface area contributed by atoms with E-state index in [2.05, 4.69) is 10.3 Å². The van der Waals surface area contributed by atoms with Crippen LogP contribution in [0.15, 0.2) is 42.6 Å². The molecule has 20 heavy (non-hydrogen) atoms. The van der Waals surface area contributed by atoms with Crippen molar-refractivity contribution in [3.05, 3.63) is 59.4 Å². The number of carboxylic acid groups (broad SMARTS) is 1. The average molecular weight is 270 g/mol. The van der Waals surface area contributed by atoms with E-state index < -0.39 is 5.97 Å². The van der Waals surface area contributed by atoms with Gasteiger partial charge in [-0.2, -0.15) is 0 Å². The summed E-state index contributed by atoms with van der Waals surface area (Å²) in [7, 11) is 0. The molecular formula is C15H14N2O3. The molecule has 0 unspecified atom stereocenters. The average Bonchev–Trinajstić information content (AvgIpc) is 2.38. The number of rotatable bonds is 4. The summed E-state index contributed by atoms with van der Waals surface area (Å²) < 4.78 is 0. The Morgan fingerprint density at radius 3 is 2.75 bits per heavy atom. The molecule has 5 nitrogen and oxygen atoms in total. The van der Waals surface area contributed by atoms with E-state index in [-0.39, 0.29) is 23.7 Å². The van der Waals surface area contributed by atoms with Crippen molar-refractivity contribution in [2.45, 2.75) is 13.3 Å². The standard InChI is InChI=1S/C15H14N2O3/c1-10-4-2-5-11(8-10)9-13(18)17-12-6-3-7-16-14(12)15(19)20/h2-8H,9H2,1H3,(H,17,18)(H,19,20). The van der Waals surface area contributed by atoms with E-state index >= 15 is 0 Å². The van der Waals surface area contributed by atoms with Crippen LogP contribution in [-0.4, -0.2) is 22.0 Å². The van der Waals surface area contributed by atoms with Gasteiger partial charge in [0.1, 0.15) is 0 Å². The second kappa shape index (κ2) is 5.97. The third kappa shape index (κ3) is 3.41. The molecule has 0 bridgehead atoms. The molecule has 102 valence electrons. The fourth-order valence-electron chi connectivity index (χ4n) is 1.88. The summed E-state index contributed by atoms with van der Waals surface area (Å²) in [5.74, 6) is -1.44. The molecule has 1 aromatic carbocycles. The smallest absolute Gasteiger partial charge is 0.356 e. The van der Waals surface area contributed by atoms with Crippen molar-refractivity contribution < 1.29 is 14.7 Å². The molecule has 5 heteroatoms. The maximum atomic E-state index is 11.9. The van der Waals surface area contributed by atoms with Crippen LogP contribution in [0.4, 0.5) is 5.69 Å². The summed E-state index contributed by atoms with van der Waals surface area (Å²) in [6.07, 6.45) is 1.56. The van der Waals surface area contributed by atoms with Gasteiger partial charge in [-0.15, -0.1) is 0 Å². The van der Waals surface area contributed by atoms with Crippen LogP contribution in [-0.2, 0) is 11.2 Å². The number of aromatic carboxylic acids is 1. The van der Waals surface area contributed by atoms with E-state index in [0.717, 1.165) is 11.1 Å². The number of carbonyl (C=O) groups excluding carboxylic acids is 1. The molecule has 2 aromatic rings. The predicted octanol–water partition coefficient (Wildman–Crippen LogP) is 2.27. The summed E-state index contributed by atoms with van der Waals surface area (Å²) in [6, 6.07) is 10.7. The number of amides is 1. The second-order valence-corrected chi connectivity index (χ2v) is 4.42. The normalized spacial score (nSPS) is 10.1. The number of pyridine rings is 1. The zero-order chi connectivity index (χ0) is 14.5. The van der Waals surface area contributed by atoms with Crippen LogP contribution >= 0.6 is 0 Å². The Bertz CT molecular complexity index is 653. The number of nitrogens with one attached hydrogen (secondary N) is 1. The first-order valence-electron chi connectivity index (χ1n) is 6.10. The topological polar surface area (TPSA) is 79.3 Å². The molecule has 0 aliphatic carbocycles. The van der Waals surface area contributed by atoms with Crippen LogP contribution in [0.2, 0.25) is 0 Å². The van der Waals surface area contributed by atoms with Gasteiger partial charge in [0.15, 0.2) is 5.69 Å². The van der Waals surface area contributed by atoms with E-state index in [0.29, 0.717) is 0 Å². The predicted molar refractivity (Wildman–Crippen MR) is 74.7 cm³/mol. The number of aromatic nitrogens is 1. The minimum Gasteiger partial charge on any atom is -0.476 e. The minimum absolute atomic E-state index is 0.162. The molecule has 0 aliphatic heterocycles. The molecule has 0 fully saturated rings. The number of carboxylic acids is 1. The first kappa shape index (κ1) is 13.7. The fourth-order valence-corrected chi connectivity index (χ4v) is 1.88. The number of nitrogens with zero attached hydrogens (tertiary/aromatic N) is 1. The Hall–Kier alpha value is -2.69. The maximum absolute atomic E-state index is 11.9. The quantitative estimate of drug-likeness (QED) is 0.893. The van der Waals surface area contributed by atoms with E-state index in [1.54, 1.807) is 6.07 Å². The summed E-state index contributed by atoms with van der Waals surface area (Å²) in [6.45, 7) is 1.95. The lowest BCUT2D eigenvalue weighted by Crippen LogP contribution is -2.17. The molecule has 1 heterocycles. The molecule has 0 aliphatic rings. The molecular weight excluding hydrogens is 256 g/mol. The maximum Gasteiger partial charge on any atom is 0.356 e.